The molecule has 1 aromatic heterocycles. The van der Waals surface area contributed by atoms with Crippen molar-refractivity contribution in [3.8, 4) is 6.07 Å². The molecule has 6 nitrogen and oxygen atoms in total. The Bertz CT molecular complexity index is 657. The second-order valence-electron chi connectivity index (χ2n) is 7.17. The Hall–Kier alpha value is -2.13. The third kappa shape index (κ3) is 3.93. The zero-order valence-corrected chi connectivity index (χ0v) is 14.9. The van der Waals surface area contributed by atoms with E-state index in [1.54, 1.807) is 19.4 Å². The minimum atomic E-state index is 0.115. The number of carbonyl (C=O) groups excluding carboxylic acids is 1. The highest BCUT2D eigenvalue weighted by atomic mass is 16.5. The lowest BCUT2D eigenvalue weighted by molar-refractivity contribution is -0.138. The molecule has 0 aromatic carbocycles. The number of piperidine rings is 2. The van der Waals surface area contributed by atoms with Gasteiger partial charge in [0.1, 0.15) is 11.9 Å². The lowest BCUT2D eigenvalue weighted by atomic mass is 9.73. The first-order valence-electron chi connectivity index (χ1n) is 9.04. The Morgan fingerprint density at radius 1 is 1.40 bits per heavy atom. The van der Waals surface area contributed by atoms with Gasteiger partial charge in [-0.25, -0.2) is 4.98 Å². The third-order valence-electron chi connectivity index (χ3n) is 5.39. The van der Waals surface area contributed by atoms with Crippen molar-refractivity contribution in [3.05, 3.63) is 23.9 Å². The van der Waals surface area contributed by atoms with Crippen LogP contribution in [0.4, 0.5) is 5.82 Å². The Kier molecular flexibility index (Phi) is 5.54. The summed E-state index contributed by atoms with van der Waals surface area (Å²) in [7, 11) is 1.69. The number of aromatic nitrogens is 1. The van der Waals surface area contributed by atoms with Crippen LogP contribution in [0.3, 0.4) is 0 Å². The first kappa shape index (κ1) is 17.7. The molecule has 0 bridgehead atoms. The predicted molar refractivity (Wildman–Crippen MR) is 95.1 cm³/mol. The Morgan fingerprint density at radius 3 is 3.08 bits per heavy atom. The molecule has 1 atom stereocenters. The molecule has 3 rings (SSSR count). The summed E-state index contributed by atoms with van der Waals surface area (Å²) in [6.07, 6.45) is 6.37. The molecule has 6 heteroatoms. The van der Waals surface area contributed by atoms with Crippen LogP contribution in [0.25, 0.3) is 0 Å². The molecule has 2 saturated heterocycles. The van der Waals surface area contributed by atoms with Crippen molar-refractivity contribution in [2.45, 2.75) is 32.1 Å². The number of hydrogen-bond acceptors (Lipinski definition) is 5. The van der Waals surface area contributed by atoms with Gasteiger partial charge in [0, 0.05) is 57.9 Å². The Labute approximate surface area is 149 Å². The van der Waals surface area contributed by atoms with E-state index < -0.39 is 0 Å². The number of nitrogens with zero attached hydrogens (tertiary/aromatic N) is 4. The molecule has 1 amide bonds. The van der Waals surface area contributed by atoms with Crippen LogP contribution in [0.2, 0.25) is 0 Å². The molecule has 0 N–H and O–H groups in total. The summed E-state index contributed by atoms with van der Waals surface area (Å²) in [5.74, 6) is 1.04. The Balaban J connectivity index is 1.73. The maximum absolute atomic E-state index is 12.3. The number of hydrogen-bond donors (Lipinski definition) is 0. The van der Waals surface area contributed by atoms with Crippen molar-refractivity contribution >= 4 is 11.7 Å². The molecule has 2 fully saturated rings. The van der Waals surface area contributed by atoms with Gasteiger partial charge in [0.2, 0.25) is 5.91 Å². The fourth-order valence-corrected chi connectivity index (χ4v) is 4.16. The predicted octanol–water partition coefficient (Wildman–Crippen LogP) is 2.20. The monoisotopic (exact) mass is 342 g/mol. The second kappa shape index (κ2) is 7.83. The SMILES string of the molecule is COCCCN1C[C@]2(CCCN(c3ncccc3C#N)C2)CCC1=O. The summed E-state index contributed by atoms with van der Waals surface area (Å²) >= 11 is 0. The molecular formula is C19H26N4O2. The zero-order valence-electron chi connectivity index (χ0n) is 14.9. The maximum Gasteiger partial charge on any atom is 0.222 e. The van der Waals surface area contributed by atoms with Crippen LogP contribution in [-0.4, -0.2) is 55.7 Å². The molecule has 2 aliphatic heterocycles. The molecule has 2 aliphatic rings. The van der Waals surface area contributed by atoms with E-state index in [9.17, 15) is 10.1 Å². The quantitative estimate of drug-likeness (QED) is 0.767. The summed E-state index contributed by atoms with van der Waals surface area (Å²) in [6, 6.07) is 5.88. The number of carbonyl (C=O) groups is 1. The largest absolute Gasteiger partial charge is 0.385 e. The number of methoxy groups -OCH3 is 1. The summed E-state index contributed by atoms with van der Waals surface area (Å²) in [5.41, 5.74) is 0.743. The van der Waals surface area contributed by atoms with Crippen LogP contribution in [-0.2, 0) is 9.53 Å². The molecule has 25 heavy (non-hydrogen) atoms. The van der Waals surface area contributed by atoms with Crippen LogP contribution in [0, 0.1) is 16.7 Å². The van der Waals surface area contributed by atoms with E-state index in [2.05, 4.69) is 16.0 Å². The van der Waals surface area contributed by atoms with Gasteiger partial charge in [-0.05, 0) is 37.8 Å². The topological polar surface area (TPSA) is 69.5 Å². The first-order chi connectivity index (χ1) is 12.2. The van der Waals surface area contributed by atoms with Gasteiger partial charge in [-0.3, -0.25) is 4.79 Å². The standard InChI is InChI=1S/C19H26N4O2/c1-25-12-4-11-22-14-19(8-6-17(22)24)7-3-10-23(15-19)18-16(13-20)5-2-9-21-18/h2,5,9H,3-4,6-8,10-12,14-15H2,1H3/t19-/m0/s1. The molecule has 0 saturated carbocycles. The van der Waals surface area contributed by atoms with Crippen LogP contribution in [0.15, 0.2) is 18.3 Å². The number of amides is 1. The van der Waals surface area contributed by atoms with Crippen LogP contribution >= 0.6 is 0 Å². The smallest absolute Gasteiger partial charge is 0.222 e. The van der Waals surface area contributed by atoms with Crippen molar-refractivity contribution in [3.63, 3.8) is 0 Å². The van der Waals surface area contributed by atoms with Gasteiger partial charge in [0.25, 0.3) is 0 Å². The van der Waals surface area contributed by atoms with Gasteiger partial charge in [0.05, 0.1) is 5.56 Å². The highest BCUT2D eigenvalue weighted by Gasteiger charge is 2.42. The van der Waals surface area contributed by atoms with E-state index in [-0.39, 0.29) is 11.3 Å². The molecule has 0 aliphatic carbocycles. The summed E-state index contributed by atoms with van der Waals surface area (Å²) < 4.78 is 5.12. The number of nitriles is 1. The molecule has 0 radical (unpaired) electrons. The summed E-state index contributed by atoms with van der Waals surface area (Å²) in [5, 5.41) is 9.37. The van der Waals surface area contributed by atoms with E-state index in [4.69, 9.17) is 4.74 Å². The van der Waals surface area contributed by atoms with Crippen molar-refractivity contribution in [2.24, 2.45) is 5.41 Å². The minimum absolute atomic E-state index is 0.115. The van der Waals surface area contributed by atoms with Gasteiger partial charge in [0.15, 0.2) is 0 Å². The van der Waals surface area contributed by atoms with Crippen molar-refractivity contribution in [1.82, 2.24) is 9.88 Å². The number of pyridine rings is 1. The van der Waals surface area contributed by atoms with E-state index in [0.29, 0.717) is 18.6 Å². The van der Waals surface area contributed by atoms with E-state index in [0.717, 1.165) is 57.7 Å². The zero-order chi connectivity index (χ0) is 17.7. The van der Waals surface area contributed by atoms with Gasteiger partial charge in [-0.15, -0.1) is 0 Å². The van der Waals surface area contributed by atoms with Crippen molar-refractivity contribution in [1.29, 1.82) is 5.26 Å². The van der Waals surface area contributed by atoms with Crippen LogP contribution < -0.4 is 4.90 Å². The third-order valence-corrected chi connectivity index (χ3v) is 5.39. The molecule has 3 heterocycles. The Morgan fingerprint density at radius 2 is 2.28 bits per heavy atom. The normalized spacial score (nSPS) is 23.8. The number of ether oxygens (including phenoxy) is 1. The molecule has 1 aromatic rings. The molecule has 134 valence electrons. The number of rotatable bonds is 5. The molecule has 1 spiro atoms. The highest BCUT2D eigenvalue weighted by Crippen LogP contribution is 2.40. The van der Waals surface area contributed by atoms with E-state index in [1.165, 1.54) is 0 Å². The number of anilines is 1. The molecular weight excluding hydrogens is 316 g/mol. The van der Waals surface area contributed by atoms with Gasteiger partial charge < -0.3 is 14.5 Å². The number of likely N-dealkylation sites (tertiary alicyclic amines) is 1. The highest BCUT2D eigenvalue weighted by molar-refractivity contribution is 5.77. The van der Waals surface area contributed by atoms with Gasteiger partial charge >= 0.3 is 0 Å². The lowest BCUT2D eigenvalue weighted by Crippen LogP contribution is -2.54. The van der Waals surface area contributed by atoms with Crippen molar-refractivity contribution < 1.29 is 9.53 Å². The maximum atomic E-state index is 12.3. The molecule has 0 unspecified atom stereocenters. The van der Waals surface area contributed by atoms with Crippen LogP contribution in [0.5, 0.6) is 0 Å². The average molecular weight is 342 g/mol. The van der Waals surface area contributed by atoms with Crippen molar-refractivity contribution in [2.75, 3.05) is 44.8 Å². The van der Waals surface area contributed by atoms with Gasteiger partial charge in [-0.1, -0.05) is 0 Å². The van der Waals surface area contributed by atoms with Gasteiger partial charge in [-0.2, -0.15) is 5.26 Å². The second-order valence-corrected chi connectivity index (χ2v) is 7.17. The first-order valence-corrected chi connectivity index (χ1v) is 9.04. The lowest BCUT2D eigenvalue weighted by Gasteiger charge is -2.48. The van der Waals surface area contributed by atoms with E-state index in [1.807, 2.05) is 11.0 Å². The van der Waals surface area contributed by atoms with E-state index >= 15 is 0 Å². The van der Waals surface area contributed by atoms with Crippen LogP contribution in [0.1, 0.15) is 37.7 Å². The minimum Gasteiger partial charge on any atom is -0.385 e. The fourth-order valence-electron chi connectivity index (χ4n) is 4.16. The fraction of sp³-hybridized carbons (Fsp3) is 0.632. The summed E-state index contributed by atoms with van der Waals surface area (Å²) in [4.78, 5) is 21.0. The summed E-state index contributed by atoms with van der Waals surface area (Å²) in [6.45, 7) is 4.04. The average Bonchev–Trinajstić information content (AvgIpc) is 2.65.